The van der Waals surface area contributed by atoms with Crippen LogP contribution in [0.15, 0.2) is 42.5 Å². The van der Waals surface area contributed by atoms with Gasteiger partial charge >= 0.3 is 0 Å². The third-order valence-electron chi connectivity index (χ3n) is 6.74. The minimum atomic E-state index is -1.73. The highest BCUT2D eigenvalue weighted by Crippen LogP contribution is 2.33. The van der Waals surface area contributed by atoms with Crippen molar-refractivity contribution >= 4 is 16.7 Å². The van der Waals surface area contributed by atoms with Crippen LogP contribution in [-0.2, 0) is 9.47 Å². The van der Waals surface area contributed by atoms with Crippen LogP contribution in [0.2, 0.25) is 0 Å². The lowest BCUT2D eigenvalue weighted by Crippen LogP contribution is -2.66. The third-order valence-corrected chi connectivity index (χ3v) is 6.74. The Hall–Kier alpha value is -2.19. The number of ether oxygens (including phenoxy) is 2. The van der Waals surface area contributed by atoms with Gasteiger partial charge in [0.15, 0.2) is 6.29 Å². The van der Waals surface area contributed by atoms with E-state index in [1.807, 2.05) is 24.3 Å². The molecule has 1 aliphatic carbocycles. The van der Waals surface area contributed by atoms with Gasteiger partial charge in [-0.2, -0.15) is 0 Å². The van der Waals surface area contributed by atoms with Gasteiger partial charge in [0.05, 0.1) is 31.0 Å². The van der Waals surface area contributed by atoms with E-state index in [2.05, 4.69) is 5.32 Å². The SMILES string of the molecule is O=C(N[C@H]1[C@@H](O[C@@H]2C[C@](O)(CO)C[C@@H](O)[C@H]2O)O[C@H](CO)[C@@H](O)[C@@H]1O)c1ccc2ccccc2c1. The molecule has 2 aromatic carbocycles. The summed E-state index contributed by atoms with van der Waals surface area (Å²) < 4.78 is 11.4. The normalized spacial score (nSPS) is 37.8. The van der Waals surface area contributed by atoms with E-state index >= 15 is 0 Å². The average molecular weight is 494 g/mol. The smallest absolute Gasteiger partial charge is 0.251 e. The fraction of sp³-hybridized carbons (Fsp3) is 0.542. The van der Waals surface area contributed by atoms with Crippen molar-refractivity contribution in [2.24, 2.45) is 0 Å². The molecule has 35 heavy (non-hydrogen) atoms. The van der Waals surface area contributed by atoms with Crippen LogP contribution in [0.5, 0.6) is 0 Å². The first kappa shape index (κ1) is 25.9. The quantitative estimate of drug-likeness (QED) is 0.223. The Labute approximate surface area is 201 Å². The zero-order valence-electron chi connectivity index (χ0n) is 18.8. The molecule has 0 unspecified atom stereocenters. The number of nitrogens with one attached hydrogen (secondary N) is 1. The number of carbonyl (C=O) groups is 1. The Bertz CT molecular complexity index is 1040. The maximum absolute atomic E-state index is 13.0. The van der Waals surface area contributed by atoms with Gasteiger partial charge in [-0.05, 0) is 22.9 Å². The molecule has 11 heteroatoms. The maximum Gasteiger partial charge on any atom is 0.251 e. The second-order valence-electron chi connectivity index (χ2n) is 9.29. The van der Waals surface area contributed by atoms with Crippen LogP contribution in [0.4, 0.5) is 0 Å². The molecule has 1 saturated heterocycles. The van der Waals surface area contributed by atoms with Gasteiger partial charge < -0.3 is 50.5 Å². The van der Waals surface area contributed by atoms with Crippen molar-refractivity contribution in [1.82, 2.24) is 5.32 Å². The molecule has 0 spiro atoms. The highest BCUT2D eigenvalue weighted by Gasteiger charge is 2.50. The van der Waals surface area contributed by atoms with Gasteiger partial charge in [-0.15, -0.1) is 0 Å². The van der Waals surface area contributed by atoms with Gasteiger partial charge in [0, 0.05) is 18.4 Å². The number of hydrogen-bond donors (Lipinski definition) is 8. The molecule has 1 saturated carbocycles. The predicted octanol–water partition coefficient (Wildman–Crippen LogP) is -2.00. The van der Waals surface area contributed by atoms with Crippen molar-refractivity contribution in [3.8, 4) is 0 Å². The molecule has 8 N–H and O–H groups in total. The molecule has 9 atom stereocenters. The van der Waals surface area contributed by atoms with E-state index in [0.29, 0.717) is 0 Å². The lowest BCUT2D eigenvalue weighted by Gasteiger charge is -2.46. The molecule has 2 fully saturated rings. The summed E-state index contributed by atoms with van der Waals surface area (Å²) in [7, 11) is 0. The van der Waals surface area contributed by atoms with E-state index < -0.39 is 73.7 Å². The van der Waals surface area contributed by atoms with Gasteiger partial charge in [-0.1, -0.05) is 30.3 Å². The molecule has 1 heterocycles. The number of fused-ring (bicyclic) bond motifs is 1. The number of benzene rings is 2. The Kier molecular flexibility index (Phi) is 7.71. The van der Waals surface area contributed by atoms with Crippen molar-refractivity contribution in [3.05, 3.63) is 48.0 Å². The van der Waals surface area contributed by atoms with Gasteiger partial charge in [-0.3, -0.25) is 4.79 Å². The van der Waals surface area contributed by atoms with Gasteiger partial charge in [-0.25, -0.2) is 0 Å². The Morgan fingerprint density at radius 3 is 2.40 bits per heavy atom. The number of carbonyl (C=O) groups excluding carboxylic acids is 1. The summed E-state index contributed by atoms with van der Waals surface area (Å²) >= 11 is 0. The van der Waals surface area contributed by atoms with Gasteiger partial charge in [0.2, 0.25) is 0 Å². The first-order valence-electron chi connectivity index (χ1n) is 11.4. The third kappa shape index (κ3) is 5.33. The summed E-state index contributed by atoms with van der Waals surface area (Å²) in [6.07, 6.45) is -10.6. The average Bonchev–Trinajstić information content (AvgIpc) is 2.86. The number of hydrogen-bond acceptors (Lipinski definition) is 10. The highest BCUT2D eigenvalue weighted by atomic mass is 16.7. The molecular weight excluding hydrogens is 462 g/mol. The lowest BCUT2D eigenvalue weighted by atomic mass is 9.80. The summed E-state index contributed by atoms with van der Waals surface area (Å²) in [6.45, 7) is -1.36. The molecular formula is C24H31NO10. The van der Waals surface area contributed by atoms with E-state index in [1.165, 1.54) is 0 Å². The van der Waals surface area contributed by atoms with E-state index in [1.54, 1.807) is 18.2 Å². The minimum Gasteiger partial charge on any atom is -0.394 e. The van der Waals surface area contributed by atoms with E-state index in [0.717, 1.165) is 10.8 Å². The molecule has 1 amide bonds. The summed E-state index contributed by atoms with van der Waals surface area (Å²) in [5, 5.41) is 75.5. The molecule has 0 bridgehead atoms. The zero-order chi connectivity index (χ0) is 25.3. The van der Waals surface area contributed by atoms with Gasteiger partial charge in [0.1, 0.15) is 30.5 Å². The van der Waals surface area contributed by atoms with Crippen LogP contribution in [0.25, 0.3) is 10.8 Å². The summed E-state index contributed by atoms with van der Waals surface area (Å²) in [6, 6.07) is 11.1. The fourth-order valence-electron chi connectivity index (χ4n) is 4.68. The summed E-state index contributed by atoms with van der Waals surface area (Å²) in [5.41, 5.74) is -1.45. The predicted molar refractivity (Wildman–Crippen MR) is 121 cm³/mol. The van der Waals surface area contributed by atoms with Gasteiger partial charge in [0.25, 0.3) is 5.91 Å². The Balaban J connectivity index is 1.57. The molecule has 4 rings (SSSR count). The first-order valence-corrected chi connectivity index (χ1v) is 11.4. The van der Waals surface area contributed by atoms with Crippen LogP contribution < -0.4 is 5.32 Å². The van der Waals surface area contributed by atoms with Crippen molar-refractivity contribution in [2.75, 3.05) is 13.2 Å². The molecule has 1 aliphatic heterocycles. The van der Waals surface area contributed by atoms with Crippen molar-refractivity contribution < 1.29 is 50.0 Å². The van der Waals surface area contributed by atoms with E-state index in [-0.39, 0.29) is 18.4 Å². The number of aliphatic hydroxyl groups excluding tert-OH is 6. The standard InChI is InChI=1S/C24H31NO10/c26-10-17-20(30)21(31)18(25-22(32)14-6-5-12-3-1-2-4-13(12)7-14)23(35-17)34-16-9-24(33,11-27)8-15(28)19(16)29/h1-7,15-21,23,26-31,33H,8-11H2,(H,25,32)/t15-,16-,17-,18-,19-,20-,21-,23+,24+/m1/s1. The first-order chi connectivity index (χ1) is 16.7. The largest absolute Gasteiger partial charge is 0.394 e. The number of amides is 1. The lowest BCUT2D eigenvalue weighted by molar-refractivity contribution is -0.302. The second kappa shape index (κ2) is 10.4. The van der Waals surface area contributed by atoms with Crippen molar-refractivity contribution in [2.45, 2.75) is 67.4 Å². The van der Waals surface area contributed by atoms with E-state index in [9.17, 15) is 40.5 Å². The van der Waals surface area contributed by atoms with Crippen molar-refractivity contribution in [3.63, 3.8) is 0 Å². The monoisotopic (exact) mass is 493 g/mol. The summed E-state index contributed by atoms with van der Waals surface area (Å²) in [4.78, 5) is 13.0. The van der Waals surface area contributed by atoms with E-state index in [4.69, 9.17) is 9.47 Å². The maximum atomic E-state index is 13.0. The Morgan fingerprint density at radius 1 is 1.00 bits per heavy atom. The summed E-state index contributed by atoms with van der Waals surface area (Å²) in [5.74, 6) is -0.595. The molecule has 2 aliphatic rings. The Morgan fingerprint density at radius 2 is 1.71 bits per heavy atom. The number of rotatable bonds is 6. The minimum absolute atomic E-state index is 0.268. The molecule has 192 valence electrons. The van der Waals surface area contributed by atoms with Crippen LogP contribution in [-0.4, -0.2) is 109 Å². The second-order valence-corrected chi connectivity index (χ2v) is 9.29. The fourth-order valence-corrected chi connectivity index (χ4v) is 4.68. The van der Waals surface area contributed by atoms with Crippen molar-refractivity contribution in [1.29, 1.82) is 0 Å². The number of aliphatic hydroxyl groups is 7. The molecule has 11 nitrogen and oxygen atoms in total. The van der Waals surface area contributed by atoms with Crippen LogP contribution in [0.3, 0.4) is 0 Å². The highest BCUT2D eigenvalue weighted by molar-refractivity contribution is 5.98. The molecule has 0 aromatic heterocycles. The topological polar surface area (TPSA) is 189 Å². The molecule has 0 radical (unpaired) electrons. The van der Waals surface area contributed by atoms with Crippen LogP contribution in [0.1, 0.15) is 23.2 Å². The zero-order valence-corrected chi connectivity index (χ0v) is 18.8. The van der Waals surface area contributed by atoms with Crippen LogP contribution in [0, 0.1) is 0 Å². The van der Waals surface area contributed by atoms with Crippen LogP contribution >= 0.6 is 0 Å². The molecule has 2 aromatic rings.